The summed E-state index contributed by atoms with van der Waals surface area (Å²) in [6.45, 7) is 3.13. The van der Waals surface area contributed by atoms with E-state index in [9.17, 15) is 9.90 Å². The third-order valence-electron chi connectivity index (χ3n) is 8.48. The Morgan fingerprint density at radius 1 is 1.17 bits per heavy atom. The molecule has 0 spiro atoms. The Hall–Kier alpha value is 0.0200. The Bertz CT molecular complexity index is 495. The highest BCUT2D eigenvalue weighted by atomic mass is 31.0. The SMILES string of the molecule is C[C@]12CC[C@H]3[C@@H](CC[C@H]4CC(=O)CC[C@@]43COP)[C@@H]1CCC2O. The number of carbonyl (C=O) groups is 1. The minimum absolute atomic E-state index is 0.104. The minimum atomic E-state index is -0.104. The molecule has 23 heavy (non-hydrogen) atoms. The summed E-state index contributed by atoms with van der Waals surface area (Å²) in [4.78, 5) is 12.0. The van der Waals surface area contributed by atoms with Crippen molar-refractivity contribution >= 4 is 15.2 Å². The predicted molar refractivity (Wildman–Crippen MR) is 92.7 cm³/mol. The topological polar surface area (TPSA) is 46.5 Å². The summed E-state index contributed by atoms with van der Waals surface area (Å²) in [5, 5.41) is 10.5. The highest BCUT2D eigenvalue weighted by Crippen LogP contribution is 2.66. The summed E-state index contributed by atoms with van der Waals surface area (Å²) in [5.74, 6) is 3.09. The summed E-state index contributed by atoms with van der Waals surface area (Å²) < 4.78 is 5.64. The number of carbonyl (C=O) groups excluding carboxylic acids is 1. The molecule has 4 heteroatoms. The van der Waals surface area contributed by atoms with Crippen molar-refractivity contribution in [2.75, 3.05) is 6.61 Å². The molecule has 0 amide bonds. The number of aliphatic hydroxyl groups is 1. The van der Waals surface area contributed by atoms with Gasteiger partial charge in [0, 0.05) is 27.7 Å². The maximum absolute atomic E-state index is 12.0. The van der Waals surface area contributed by atoms with Gasteiger partial charge in [-0.15, -0.1) is 0 Å². The number of hydrogen-bond acceptors (Lipinski definition) is 3. The molecule has 0 heterocycles. The van der Waals surface area contributed by atoms with Gasteiger partial charge in [-0.25, -0.2) is 0 Å². The van der Waals surface area contributed by atoms with Crippen molar-refractivity contribution in [1.82, 2.24) is 0 Å². The number of hydrogen-bond donors (Lipinski definition) is 1. The zero-order chi connectivity index (χ0) is 16.2. The number of ketones is 1. The number of Topliss-reactive ketones (excluding diaryl/α,β-unsaturated/α-hetero) is 1. The van der Waals surface area contributed by atoms with Crippen LogP contribution in [0.3, 0.4) is 0 Å². The maximum atomic E-state index is 12.0. The van der Waals surface area contributed by atoms with Gasteiger partial charge in [-0.05, 0) is 74.0 Å². The molecule has 130 valence electrons. The van der Waals surface area contributed by atoms with Crippen LogP contribution in [0.25, 0.3) is 0 Å². The molecule has 4 fully saturated rings. The Labute approximate surface area is 142 Å². The maximum Gasteiger partial charge on any atom is 0.133 e. The molecule has 0 aromatic carbocycles. The lowest BCUT2D eigenvalue weighted by Gasteiger charge is -2.60. The highest BCUT2D eigenvalue weighted by Gasteiger charge is 2.61. The van der Waals surface area contributed by atoms with Crippen LogP contribution >= 0.6 is 9.47 Å². The standard InChI is InChI=1S/C19H31O3P/c1-18-8-7-16-14(15(18)4-5-17(18)21)3-2-12-10-13(20)6-9-19(12,16)11-22-23/h12,14-17,21H,2-11,23H2,1H3/t12-,14-,15-,16-,17?,18-,19+/m0/s1. The van der Waals surface area contributed by atoms with Crippen LogP contribution in [0.1, 0.15) is 64.7 Å². The fourth-order valence-corrected chi connectivity index (χ4v) is 7.57. The summed E-state index contributed by atoms with van der Waals surface area (Å²) in [6, 6.07) is 0. The van der Waals surface area contributed by atoms with E-state index in [1.54, 1.807) is 0 Å². The molecular formula is C19H31O3P. The molecule has 8 atom stereocenters. The second-order valence-electron chi connectivity index (χ2n) is 9.08. The van der Waals surface area contributed by atoms with E-state index in [-0.39, 0.29) is 16.9 Å². The van der Waals surface area contributed by atoms with Crippen LogP contribution in [0.2, 0.25) is 0 Å². The van der Waals surface area contributed by atoms with Gasteiger partial charge in [-0.3, -0.25) is 4.79 Å². The van der Waals surface area contributed by atoms with Crippen molar-refractivity contribution in [2.45, 2.75) is 70.8 Å². The van der Waals surface area contributed by atoms with Gasteiger partial charge < -0.3 is 9.63 Å². The van der Waals surface area contributed by atoms with E-state index in [0.29, 0.717) is 23.5 Å². The average molecular weight is 338 g/mol. The van der Waals surface area contributed by atoms with Crippen LogP contribution in [0, 0.1) is 34.5 Å². The van der Waals surface area contributed by atoms with Crippen molar-refractivity contribution < 1.29 is 14.4 Å². The third kappa shape index (κ3) is 2.29. The third-order valence-corrected chi connectivity index (χ3v) is 8.65. The predicted octanol–water partition coefficient (Wildman–Crippen LogP) is 3.75. The Morgan fingerprint density at radius 2 is 2.00 bits per heavy atom. The molecule has 0 aromatic rings. The zero-order valence-corrected chi connectivity index (χ0v) is 15.5. The van der Waals surface area contributed by atoms with E-state index in [1.807, 2.05) is 0 Å². The minimum Gasteiger partial charge on any atom is -0.393 e. The van der Waals surface area contributed by atoms with E-state index in [0.717, 1.165) is 44.6 Å². The molecule has 2 unspecified atom stereocenters. The molecule has 4 aliphatic carbocycles. The highest BCUT2D eigenvalue weighted by molar-refractivity contribution is 7.09. The van der Waals surface area contributed by atoms with E-state index in [1.165, 1.54) is 25.7 Å². The monoisotopic (exact) mass is 338 g/mol. The van der Waals surface area contributed by atoms with Crippen molar-refractivity contribution in [3.05, 3.63) is 0 Å². The molecule has 4 saturated carbocycles. The number of aliphatic hydroxyl groups excluding tert-OH is 1. The summed E-state index contributed by atoms with van der Waals surface area (Å²) >= 11 is 0. The van der Waals surface area contributed by atoms with Crippen LogP contribution < -0.4 is 0 Å². The summed E-state index contributed by atoms with van der Waals surface area (Å²) in [5.41, 5.74) is 0.356. The normalized spacial score (nSPS) is 52.7. The van der Waals surface area contributed by atoms with Gasteiger partial charge in [0.25, 0.3) is 0 Å². The van der Waals surface area contributed by atoms with Crippen LogP contribution in [-0.4, -0.2) is 23.6 Å². The molecule has 1 N–H and O–H groups in total. The Balaban J connectivity index is 1.66. The van der Waals surface area contributed by atoms with Crippen molar-refractivity contribution in [2.24, 2.45) is 34.5 Å². The molecule has 0 radical (unpaired) electrons. The molecule has 0 aliphatic heterocycles. The average Bonchev–Trinajstić information content (AvgIpc) is 2.84. The lowest BCUT2D eigenvalue weighted by molar-refractivity contribution is -0.152. The molecular weight excluding hydrogens is 307 g/mol. The fourth-order valence-electron chi connectivity index (χ4n) is 7.26. The van der Waals surface area contributed by atoms with Gasteiger partial charge in [0.05, 0.1) is 12.7 Å². The Morgan fingerprint density at radius 3 is 2.78 bits per heavy atom. The summed E-state index contributed by atoms with van der Waals surface area (Å²) in [7, 11) is 2.45. The van der Waals surface area contributed by atoms with E-state index < -0.39 is 0 Å². The van der Waals surface area contributed by atoms with E-state index >= 15 is 0 Å². The lowest BCUT2D eigenvalue weighted by Crippen LogP contribution is -2.56. The second-order valence-corrected chi connectivity index (χ2v) is 9.41. The van der Waals surface area contributed by atoms with E-state index in [4.69, 9.17) is 4.52 Å². The number of fused-ring (bicyclic) bond motifs is 5. The summed E-state index contributed by atoms with van der Waals surface area (Å²) in [6.07, 6.45) is 9.44. The van der Waals surface area contributed by atoms with Gasteiger partial charge in [0.15, 0.2) is 0 Å². The van der Waals surface area contributed by atoms with Crippen LogP contribution in [0.4, 0.5) is 0 Å². The Kier molecular flexibility index (Phi) is 4.14. The van der Waals surface area contributed by atoms with Gasteiger partial charge in [0.2, 0.25) is 0 Å². The van der Waals surface area contributed by atoms with Crippen LogP contribution in [-0.2, 0) is 9.32 Å². The molecule has 0 bridgehead atoms. The zero-order valence-electron chi connectivity index (χ0n) is 14.3. The van der Waals surface area contributed by atoms with Crippen LogP contribution in [0.5, 0.6) is 0 Å². The second kappa shape index (κ2) is 5.78. The molecule has 0 saturated heterocycles. The fraction of sp³-hybridized carbons (Fsp3) is 0.947. The molecule has 3 nitrogen and oxygen atoms in total. The first-order valence-corrected chi connectivity index (χ1v) is 10.00. The quantitative estimate of drug-likeness (QED) is 0.780. The van der Waals surface area contributed by atoms with Gasteiger partial charge in [-0.1, -0.05) is 6.92 Å². The first kappa shape index (κ1) is 16.5. The van der Waals surface area contributed by atoms with Crippen molar-refractivity contribution in [3.63, 3.8) is 0 Å². The van der Waals surface area contributed by atoms with Crippen molar-refractivity contribution in [1.29, 1.82) is 0 Å². The molecule has 4 rings (SSSR count). The first-order chi connectivity index (χ1) is 11.0. The smallest absolute Gasteiger partial charge is 0.133 e. The molecule has 0 aromatic heterocycles. The van der Waals surface area contributed by atoms with Gasteiger partial charge in [-0.2, -0.15) is 0 Å². The molecule has 4 aliphatic rings. The van der Waals surface area contributed by atoms with Crippen LogP contribution in [0.15, 0.2) is 0 Å². The number of rotatable bonds is 2. The van der Waals surface area contributed by atoms with Crippen molar-refractivity contribution in [3.8, 4) is 0 Å². The largest absolute Gasteiger partial charge is 0.393 e. The van der Waals surface area contributed by atoms with Gasteiger partial charge in [0.1, 0.15) is 5.78 Å². The first-order valence-electron chi connectivity index (χ1n) is 9.53. The van der Waals surface area contributed by atoms with Gasteiger partial charge >= 0.3 is 0 Å². The lowest BCUT2D eigenvalue weighted by atomic mass is 9.45. The van der Waals surface area contributed by atoms with E-state index in [2.05, 4.69) is 16.4 Å².